The van der Waals surface area contributed by atoms with Gasteiger partial charge in [-0.2, -0.15) is 0 Å². The number of esters is 2. The second kappa shape index (κ2) is 11.4. The van der Waals surface area contributed by atoms with E-state index in [9.17, 15) is 9.59 Å². The van der Waals surface area contributed by atoms with Gasteiger partial charge < -0.3 is 14.2 Å². The highest BCUT2D eigenvalue weighted by Crippen LogP contribution is 2.27. The van der Waals surface area contributed by atoms with Gasteiger partial charge in [-0.3, -0.25) is 14.6 Å². The fraction of sp³-hybridized carbons (Fsp3) is 0.526. The van der Waals surface area contributed by atoms with Crippen molar-refractivity contribution in [1.29, 1.82) is 0 Å². The predicted molar refractivity (Wildman–Crippen MR) is 94.1 cm³/mol. The molecule has 0 unspecified atom stereocenters. The normalized spacial score (nSPS) is 10.9. The molecule has 1 heterocycles. The van der Waals surface area contributed by atoms with Crippen LogP contribution in [0.4, 0.5) is 0 Å². The number of allylic oxidation sites excluding steroid dienone is 2. The minimum Gasteiger partial charge on any atom is -0.461 e. The summed E-state index contributed by atoms with van der Waals surface area (Å²) in [5.74, 6) is -0.219. The number of hydrogen-bond donors (Lipinski definition) is 0. The minimum absolute atomic E-state index is 0.0739. The molecule has 0 atom stereocenters. The van der Waals surface area contributed by atoms with E-state index < -0.39 is 0 Å². The van der Waals surface area contributed by atoms with Gasteiger partial charge in [0.15, 0.2) is 5.75 Å². The van der Waals surface area contributed by atoms with Crippen molar-refractivity contribution in [2.75, 3.05) is 7.11 Å². The smallest absolute Gasteiger partial charge is 0.311 e. The third-order valence-electron chi connectivity index (χ3n) is 3.57. The maximum atomic E-state index is 12.1. The summed E-state index contributed by atoms with van der Waals surface area (Å²) in [6.45, 7) is 5.76. The van der Waals surface area contributed by atoms with Gasteiger partial charge in [-0.15, -0.1) is 0 Å². The summed E-state index contributed by atoms with van der Waals surface area (Å²) in [5.41, 5.74) is 1.95. The summed E-state index contributed by atoms with van der Waals surface area (Å²) < 4.78 is 15.9. The first-order valence-electron chi connectivity index (χ1n) is 8.47. The molecule has 0 aliphatic carbocycles. The summed E-state index contributed by atoms with van der Waals surface area (Å²) in [5, 5.41) is 0. The fourth-order valence-corrected chi connectivity index (χ4v) is 2.19. The Hall–Kier alpha value is -2.21. The van der Waals surface area contributed by atoms with Gasteiger partial charge in [0.05, 0.1) is 12.3 Å². The van der Waals surface area contributed by atoms with Gasteiger partial charge in [-0.1, -0.05) is 19.1 Å². The molecule has 1 aromatic heterocycles. The highest BCUT2D eigenvalue weighted by atomic mass is 16.5. The van der Waals surface area contributed by atoms with Gasteiger partial charge >= 0.3 is 11.9 Å². The summed E-state index contributed by atoms with van der Waals surface area (Å²) >= 11 is 0. The quantitative estimate of drug-likeness (QED) is 0.365. The Morgan fingerprint density at radius 1 is 1.24 bits per heavy atom. The number of carbonyl (C=O) groups is 2. The van der Waals surface area contributed by atoms with E-state index in [1.54, 1.807) is 27.2 Å². The lowest BCUT2D eigenvalue weighted by Crippen LogP contribution is -2.13. The first kappa shape index (κ1) is 20.8. The molecule has 0 aromatic carbocycles. The maximum Gasteiger partial charge on any atom is 0.311 e. The number of unbranched alkanes of at least 4 members (excludes halogenated alkanes) is 1. The molecule has 0 fully saturated rings. The molecule has 0 bridgehead atoms. The van der Waals surface area contributed by atoms with Crippen LogP contribution in [-0.2, 0) is 32.3 Å². The number of carbonyl (C=O) groups excluding carboxylic acids is 2. The molecular weight excluding hydrogens is 322 g/mol. The number of aromatic nitrogens is 1. The summed E-state index contributed by atoms with van der Waals surface area (Å²) in [6, 6.07) is 0. The number of pyridine rings is 1. The molecule has 0 N–H and O–H groups in total. The number of methoxy groups -OCH3 is 1. The standard InChI is InChI=1S/C19H27NO5/c1-5-7-8-9-10-18(22)25-19-14(3)20-11-15(16(19)13-23-4)12-24-17(21)6-2/h5,7,11H,6,8-10,12-13H2,1-4H3/b7-5-. The third-order valence-corrected chi connectivity index (χ3v) is 3.57. The van der Waals surface area contributed by atoms with E-state index in [2.05, 4.69) is 4.98 Å². The Labute approximate surface area is 149 Å². The molecule has 138 valence electrons. The van der Waals surface area contributed by atoms with Crippen molar-refractivity contribution in [1.82, 2.24) is 4.98 Å². The lowest BCUT2D eigenvalue weighted by molar-refractivity contribution is -0.144. The molecular formula is C19H27NO5. The molecule has 6 nitrogen and oxygen atoms in total. The first-order chi connectivity index (χ1) is 12.0. The van der Waals surface area contributed by atoms with Crippen LogP contribution in [0.3, 0.4) is 0 Å². The van der Waals surface area contributed by atoms with Gasteiger partial charge in [0.2, 0.25) is 0 Å². The summed E-state index contributed by atoms with van der Waals surface area (Å²) in [6.07, 6.45) is 7.77. The molecule has 0 aliphatic rings. The van der Waals surface area contributed by atoms with Crippen LogP contribution in [-0.4, -0.2) is 24.0 Å². The van der Waals surface area contributed by atoms with Crippen molar-refractivity contribution in [3.05, 3.63) is 35.2 Å². The first-order valence-corrected chi connectivity index (χ1v) is 8.47. The summed E-state index contributed by atoms with van der Waals surface area (Å²) in [4.78, 5) is 27.8. The Kier molecular flexibility index (Phi) is 9.47. The van der Waals surface area contributed by atoms with Gasteiger partial charge in [-0.25, -0.2) is 0 Å². The Balaban J connectivity index is 2.91. The van der Waals surface area contributed by atoms with Crippen LogP contribution in [0.25, 0.3) is 0 Å². The van der Waals surface area contributed by atoms with Crippen molar-refractivity contribution >= 4 is 11.9 Å². The van der Waals surface area contributed by atoms with Crippen molar-refractivity contribution in [3.8, 4) is 5.75 Å². The van der Waals surface area contributed by atoms with Crippen molar-refractivity contribution in [3.63, 3.8) is 0 Å². The minimum atomic E-state index is -0.311. The van der Waals surface area contributed by atoms with Crippen LogP contribution in [0.5, 0.6) is 5.75 Å². The number of hydrogen-bond acceptors (Lipinski definition) is 6. The molecule has 25 heavy (non-hydrogen) atoms. The zero-order chi connectivity index (χ0) is 18.7. The molecule has 1 rings (SSSR count). The average molecular weight is 349 g/mol. The zero-order valence-corrected chi connectivity index (χ0v) is 15.5. The zero-order valence-electron chi connectivity index (χ0n) is 15.5. The molecule has 0 saturated carbocycles. The molecule has 0 saturated heterocycles. The van der Waals surface area contributed by atoms with E-state index in [1.807, 2.05) is 19.1 Å². The van der Waals surface area contributed by atoms with Crippen LogP contribution >= 0.6 is 0 Å². The van der Waals surface area contributed by atoms with E-state index in [-0.39, 0.29) is 25.2 Å². The number of aryl methyl sites for hydroxylation is 1. The average Bonchev–Trinajstić information content (AvgIpc) is 2.60. The predicted octanol–water partition coefficient (Wildman–Crippen LogP) is 3.64. The number of nitrogens with zero attached hydrogens (tertiary/aromatic N) is 1. The molecule has 0 spiro atoms. The molecule has 1 aromatic rings. The number of rotatable bonds is 10. The Bertz CT molecular complexity index is 610. The van der Waals surface area contributed by atoms with Gasteiger partial charge in [0, 0.05) is 37.3 Å². The van der Waals surface area contributed by atoms with Crippen LogP contribution in [0, 0.1) is 6.92 Å². The Morgan fingerprint density at radius 3 is 2.64 bits per heavy atom. The van der Waals surface area contributed by atoms with Gasteiger partial charge in [0.25, 0.3) is 0 Å². The van der Waals surface area contributed by atoms with Crippen LogP contribution in [0.15, 0.2) is 18.3 Å². The van der Waals surface area contributed by atoms with Crippen molar-refractivity contribution in [2.45, 2.75) is 59.7 Å². The largest absolute Gasteiger partial charge is 0.461 e. The lowest BCUT2D eigenvalue weighted by atomic mass is 10.1. The maximum absolute atomic E-state index is 12.1. The molecule has 0 radical (unpaired) electrons. The topological polar surface area (TPSA) is 74.7 Å². The van der Waals surface area contributed by atoms with Crippen LogP contribution in [0.2, 0.25) is 0 Å². The van der Waals surface area contributed by atoms with Crippen molar-refractivity contribution in [2.24, 2.45) is 0 Å². The van der Waals surface area contributed by atoms with E-state index >= 15 is 0 Å². The fourth-order valence-electron chi connectivity index (χ4n) is 2.19. The van der Waals surface area contributed by atoms with Crippen molar-refractivity contribution < 1.29 is 23.8 Å². The number of ether oxygens (including phenoxy) is 3. The Morgan fingerprint density at radius 2 is 2.00 bits per heavy atom. The monoisotopic (exact) mass is 349 g/mol. The molecule has 0 aliphatic heterocycles. The molecule has 6 heteroatoms. The van der Waals surface area contributed by atoms with E-state index in [1.165, 1.54) is 0 Å². The van der Waals surface area contributed by atoms with E-state index in [0.29, 0.717) is 35.4 Å². The van der Waals surface area contributed by atoms with E-state index in [4.69, 9.17) is 14.2 Å². The SMILES string of the molecule is C/C=C\CCCC(=O)Oc1c(C)ncc(COC(=O)CC)c1COC. The van der Waals surface area contributed by atoms with Crippen LogP contribution < -0.4 is 4.74 Å². The van der Waals surface area contributed by atoms with E-state index in [0.717, 1.165) is 12.8 Å². The van der Waals surface area contributed by atoms with Crippen LogP contribution in [0.1, 0.15) is 56.4 Å². The third kappa shape index (κ3) is 7.05. The highest BCUT2D eigenvalue weighted by molar-refractivity contribution is 5.73. The molecule has 0 amide bonds. The second-order valence-corrected chi connectivity index (χ2v) is 5.56. The summed E-state index contributed by atoms with van der Waals surface area (Å²) in [7, 11) is 1.56. The van der Waals surface area contributed by atoms with Gasteiger partial charge in [-0.05, 0) is 26.7 Å². The highest BCUT2D eigenvalue weighted by Gasteiger charge is 2.18. The van der Waals surface area contributed by atoms with Gasteiger partial charge in [0.1, 0.15) is 6.61 Å². The second-order valence-electron chi connectivity index (χ2n) is 5.56. The lowest BCUT2D eigenvalue weighted by Gasteiger charge is -2.16.